The Bertz CT molecular complexity index is 2010. The fourth-order valence-electron chi connectivity index (χ4n) is 9.75. The number of esters is 3. The molecule has 3 aliphatic carbocycles. The first-order valence-electron chi connectivity index (χ1n) is 19.5. The summed E-state index contributed by atoms with van der Waals surface area (Å²) >= 11 is 0. The lowest BCUT2D eigenvalue weighted by atomic mass is 9.53. The van der Waals surface area contributed by atoms with E-state index in [1.807, 2.05) is 54.6 Å². The lowest BCUT2D eigenvalue weighted by molar-refractivity contribution is -0.191. The van der Waals surface area contributed by atoms with E-state index in [4.69, 9.17) is 18.9 Å². The molecule has 9 rings (SSSR count). The first kappa shape index (κ1) is 36.3. The average Bonchev–Trinajstić information content (AvgIpc) is 3.24. The van der Waals surface area contributed by atoms with E-state index in [1.165, 1.54) is 7.11 Å². The van der Waals surface area contributed by atoms with Gasteiger partial charge in [-0.15, -0.1) is 0 Å². The topological polar surface area (TPSA) is 112 Å². The zero-order valence-electron chi connectivity index (χ0n) is 31.3. The van der Waals surface area contributed by atoms with Crippen LogP contribution in [-0.2, 0) is 35.0 Å². The number of benzene rings is 4. The number of carbonyl (C=O) groups is 3. The summed E-state index contributed by atoms with van der Waals surface area (Å²) in [5.41, 5.74) is 1.89. The molecule has 2 bridgehead atoms. The summed E-state index contributed by atoms with van der Waals surface area (Å²) < 4.78 is 24.2. The molecule has 0 spiro atoms. The normalized spacial score (nSPS) is 24.3. The maximum Gasteiger partial charge on any atom is 0.339 e. The number of nitrogens with one attached hydrogen (secondary N) is 2. The number of fused-ring (bicyclic) bond motifs is 4. The second-order valence-corrected chi connectivity index (χ2v) is 15.8. The van der Waals surface area contributed by atoms with Crippen molar-refractivity contribution < 1.29 is 33.3 Å². The van der Waals surface area contributed by atoms with Crippen LogP contribution in [0.1, 0.15) is 85.7 Å². The number of carbonyl (C=O) groups excluding carboxylic acids is 3. The lowest BCUT2D eigenvalue weighted by Crippen LogP contribution is -2.52. The molecule has 54 heavy (non-hydrogen) atoms. The molecular weight excluding hydrogens is 681 g/mol. The van der Waals surface area contributed by atoms with E-state index in [-0.39, 0.29) is 17.9 Å². The third kappa shape index (κ3) is 6.25. The van der Waals surface area contributed by atoms with Crippen LogP contribution in [0.25, 0.3) is 21.9 Å². The summed E-state index contributed by atoms with van der Waals surface area (Å²) in [6, 6.07) is 28.0. The highest BCUT2D eigenvalue weighted by Crippen LogP contribution is 2.58. The highest BCUT2D eigenvalue weighted by Gasteiger charge is 2.58. The minimum atomic E-state index is -0.749. The van der Waals surface area contributed by atoms with Gasteiger partial charge in [-0.2, -0.15) is 0 Å². The standard InChI is InChI=1S/C45H50N2O7/c1-51-37-16-15-36(39(48)53-44(23-27-46-28-24-44)32-7-4-3-5-8-32)35-10-6-9-34(38(35)37)31-11-13-33(14-12-31)45(25-29-47-30-26-45)54-41(50)43-20-17-42(18-21-43,19-22-43)40(49)52-2/h3-16,46-47H,17-30H2,1-2H3. The Morgan fingerprint density at radius 3 is 1.69 bits per heavy atom. The van der Waals surface area contributed by atoms with Crippen molar-refractivity contribution in [1.82, 2.24) is 10.6 Å². The van der Waals surface area contributed by atoms with E-state index in [0.717, 1.165) is 59.2 Å². The number of rotatable bonds is 9. The van der Waals surface area contributed by atoms with Gasteiger partial charge in [0.1, 0.15) is 17.0 Å². The van der Waals surface area contributed by atoms with Crippen LogP contribution in [-0.4, -0.2) is 58.3 Å². The van der Waals surface area contributed by atoms with E-state index in [0.29, 0.717) is 75.5 Å². The molecule has 0 aromatic heterocycles. The molecule has 4 aromatic carbocycles. The fraction of sp³-hybridized carbons (Fsp3) is 0.444. The first-order chi connectivity index (χ1) is 26.3. The highest BCUT2D eigenvalue weighted by molar-refractivity contribution is 6.11. The van der Waals surface area contributed by atoms with Crippen molar-refractivity contribution in [2.45, 2.75) is 75.4 Å². The molecule has 2 aliphatic heterocycles. The number of methoxy groups -OCH3 is 2. The minimum absolute atomic E-state index is 0.136. The largest absolute Gasteiger partial charge is 0.496 e. The molecule has 0 amide bonds. The van der Waals surface area contributed by atoms with Crippen LogP contribution < -0.4 is 15.4 Å². The quantitative estimate of drug-likeness (QED) is 0.133. The zero-order valence-corrected chi connectivity index (χ0v) is 31.3. The van der Waals surface area contributed by atoms with Gasteiger partial charge < -0.3 is 29.6 Å². The fourth-order valence-corrected chi connectivity index (χ4v) is 9.75. The summed E-state index contributed by atoms with van der Waals surface area (Å²) in [4.78, 5) is 41.0. The van der Waals surface area contributed by atoms with Crippen LogP contribution in [0.5, 0.6) is 5.75 Å². The molecule has 9 heteroatoms. The summed E-state index contributed by atoms with van der Waals surface area (Å²) in [7, 11) is 3.10. The van der Waals surface area contributed by atoms with Crippen LogP contribution in [0.4, 0.5) is 0 Å². The number of ether oxygens (including phenoxy) is 4. The van der Waals surface area contributed by atoms with Gasteiger partial charge in [-0.1, -0.05) is 72.8 Å². The third-order valence-electron chi connectivity index (χ3n) is 13.2. The smallest absolute Gasteiger partial charge is 0.339 e. The Morgan fingerprint density at radius 1 is 0.556 bits per heavy atom. The van der Waals surface area contributed by atoms with Crippen LogP contribution in [0.3, 0.4) is 0 Å². The minimum Gasteiger partial charge on any atom is -0.496 e. The highest BCUT2D eigenvalue weighted by atomic mass is 16.6. The Balaban J connectivity index is 1.09. The van der Waals surface area contributed by atoms with E-state index in [2.05, 4.69) is 34.9 Å². The second kappa shape index (κ2) is 14.5. The molecule has 2 saturated heterocycles. The van der Waals surface area contributed by atoms with Crippen molar-refractivity contribution in [3.63, 3.8) is 0 Å². The van der Waals surface area contributed by atoms with Crippen LogP contribution >= 0.6 is 0 Å². The first-order valence-corrected chi connectivity index (χ1v) is 19.5. The van der Waals surface area contributed by atoms with Gasteiger partial charge in [0.25, 0.3) is 0 Å². The van der Waals surface area contributed by atoms with Gasteiger partial charge in [-0.3, -0.25) is 9.59 Å². The molecule has 4 aromatic rings. The molecular formula is C45H50N2O7. The van der Waals surface area contributed by atoms with E-state index in [9.17, 15) is 14.4 Å². The predicted molar refractivity (Wildman–Crippen MR) is 206 cm³/mol. The van der Waals surface area contributed by atoms with E-state index in [1.54, 1.807) is 13.2 Å². The van der Waals surface area contributed by atoms with Crippen LogP contribution in [0, 0.1) is 10.8 Å². The maximum atomic E-state index is 14.2. The SMILES string of the molecule is COC(=O)C12CCC(C(=O)OC3(c4ccc(-c5cccc6c(C(=O)OC7(c8ccccc8)CCNCC7)ccc(OC)c56)cc4)CCNCC3)(CC1)CC2. The van der Waals surface area contributed by atoms with Crippen molar-refractivity contribution in [3.8, 4) is 16.9 Å². The molecule has 2 heterocycles. The molecule has 282 valence electrons. The van der Waals surface area contributed by atoms with E-state index >= 15 is 0 Å². The maximum absolute atomic E-state index is 14.2. The second-order valence-electron chi connectivity index (χ2n) is 15.8. The lowest BCUT2D eigenvalue weighted by Gasteiger charge is -2.51. The summed E-state index contributed by atoms with van der Waals surface area (Å²) in [6.45, 7) is 3.02. The third-order valence-corrected chi connectivity index (χ3v) is 13.2. The predicted octanol–water partition coefficient (Wildman–Crippen LogP) is 7.59. The van der Waals surface area contributed by atoms with Gasteiger partial charge in [0.15, 0.2) is 0 Å². The number of hydrogen-bond donors (Lipinski definition) is 2. The van der Waals surface area contributed by atoms with Gasteiger partial charge in [-0.25, -0.2) is 4.79 Å². The van der Waals surface area contributed by atoms with Crippen molar-refractivity contribution in [2.75, 3.05) is 40.4 Å². The van der Waals surface area contributed by atoms with Crippen molar-refractivity contribution in [3.05, 3.63) is 102 Å². The zero-order chi connectivity index (χ0) is 37.4. The Kier molecular flexibility index (Phi) is 9.73. The number of piperidine rings is 2. The van der Waals surface area contributed by atoms with E-state index < -0.39 is 22.0 Å². The average molecular weight is 731 g/mol. The summed E-state index contributed by atoms with van der Waals surface area (Å²) in [6.07, 6.45) is 6.68. The Labute approximate surface area is 317 Å². The van der Waals surface area contributed by atoms with Gasteiger partial charge in [-0.05, 0) is 99.1 Å². The molecule has 3 saturated carbocycles. The van der Waals surface area contributed by atoms with Gasteiger partial charge >= 0.3 is 17.9 Å². The summed E-state index contributed by atoms with van der Waals surface area (Å²) in [5, 5.41) is 8.44. The molecule has 2 N–H and O–H groups in total. The number of hydrogen-bond acceptors (Lipinski definition) is 9. The van der Waals surface area contributed by atoms with Crippen molar-refractivity contribution in [2.24, 2.45) is 10.8 Å². The van der Waals surface area contributed by atoms with Crippen LogP contribution in [0.2, 0.25) is 0 Å². The monoisotopic (exact) mass is 730 g/mol. The molecule has 0 unspecified atom stereocenters. The van der Waals surface area contributed by atoms with Crippen LogP contribution in [0.15, 0.2) is 84.9 Å². The molecule has 5 aliphatic rings. The Morgan fingerprint density at radius 2 is 1.11 bits per heavy atom. The molecule has 0 radical (unpaired) electrons. The van der Waals surface area contributed by atoms with Gasteiger partial charge in [0, 0.05) is 36.5 Å². The molecule has 5 fully saturated rings. The van der Waals surface area contributed by atoms with Gasteiger partial charge in [0.2, 0.25) is 0 Å². The molecule has 0 atom stereocenters. The Hall–Kier alpha value is -4.73. The summed E-state index contributed by atoms with van der Waals surface area (Å²) in [5.74, 6) is 0.0260. The van der Waals surface area contributed by atoms with Gasteiger partial charge in [0.05, 0.1) is 30.6 Å². The molecule has 9 nitrogen and oxygen atoms in total. The van der Waals surface area contributed by atoms with Crippen molar-refractivity contribution in [1.29, 1.82) is 0 Å². The van der Waals surface area contributed by atoms with Crippen molar-refractivity contribution >= 4 is 28.7 Å².